The molecular weight excluding hydrogens is 357 g/mol. The highest BCUT2D eigenvalue weighted by molar-refractivity contribution is 5.53. The highest BCUT2D eigenvalue weighted by Crippen LogP contribution is 2.28. The number of aryl methyl sites for hydroxylation is 1. The van der Waals surface area contributed by atoms with Crippen LogP contribution in [0.3, 0.4) is 0 Å². The van der Waals surface area contributed by atoms with E-state index >= 15 is 0 Å². The molecule has 0 saturated heterocycles. The lowest BCUT2D eigenvalue weighted by Crippen LogP contribution is -2.21. The van der Waals surface area contributed by atoms with Crippen LogP contribution in [-0.2, 0) is 13.1 Å². The third kappa shape index (κ3) is 5.10. The van der Waals surface area contributed by atoms with Gasteiger partial charge in [-0.2, -0.15) is 0 Å². The van der Waals surface area contributed by atoms with Crippen LogP contribution in [0.4, 0.5) is 13.2 Å². The molecule has 1 heterocycles. The van der Waals surface area contributed by atoms with Gasteiger partial charge in [0.25, 0.3) is 0 Å². The number of alkyl halides is 3. The number of hydrogen-bond donors (Lipinski definition) is 0. The number of halogens is 3. The number of ether oxygens (including phenoxy) is 1. The molecule has 0 fully saturated rings. The van der Waals surface area contributed by atoms with E-state index in [0.29, 0.717) is 23.8 Å². The van der Waals surface area contributed by atoms with Gasteiger partial charge in [-0.3, -0.25) is 4.90 Å². The SMILES string of the molecule is Cc1oc(-c2ccccc2)nc1CN(C)Cc1ccccc1OC(F)(F)F. The monoisotopic (exact) mass is 376 g/mol. The number of para-hydroxylation sites is 1. The summed E-state index contributed by atoms with van der Waals surface area (Å²) in [6, 6.07) is 15.6. The molecule has 0 aliphatic rings. The predicted octanol–water partition coefficient (Wildman–Crippen LogP) is 5.18. The Labute approximate surface area is 155 Å². The van der Waals surface area contributed by atoms with Crippen LogP contribution in [-0.4, -0.2) is 23.3 Å². The fourth-order valence-electron chi connectivity index (χ4n) is 2.74. The average Bonchev–Trinajstić information content (AvgIpc) is 2.97. The van der Waals surface area contributed by atoms with E-state index < -0.39 is 6.36 Å². The molecule has 2 aromatic carbocycles. The Morgan fingerprint density at radius 2 is 1.67 bits per heavy atom. The number of hydrogen-bond acceptors (Lipinski definition) is 4. The molecule has 0 spiro atoms. The van der Waals surface area contributed by atoms with E-state index in [2.05, 4.69) is 9.72 Å². The molecule has 3 aromatic rings. The maximum Gasteiger partial charge on any atom is 0.573 e. The number of aromatic nitrogens is 1. The molecule has 0 bridgehead atoms. The van der Waals surface area contributed by atoms with Crippen molar-refractivity contribution in [3.63, 3.8) is 0 Å². The maximum absolute atomic E-state index is 12.6. The number of nitrogens with zero attached hydrogens (tertiary/aromatic N) is 2. The summed E-state index contributed by atoms with van der Waals surface area (Å²) in [4.78, 5) is 6.38. The smallest absolute Gasteiger partial charge is 0.441 e. The minimum Gasteiger partial charge on any atom is -0.441 e. The Morgan fingerprint density at radius 3 is 2.37 bits per heavy atom. The topological polar surface area (TPSA) is 38.5 Å². The molecule has 0 atom stereocenters. The number of benzene rings is 2. The second kappa shape index (κ2) is 7.84. The largest absolute Gasteiger partial charge is 0.573 e. The predicted molar refractivity (Wildman–Crippen MR) is 95.0 cm³/mol. The quantitative estimate of drug-likeness (QED) is 0.594. The van der Waals surface area contributed by atoms with E-state index in [9.17, 15) is 13.2 Å². The summed E-state index contributed by atoms with van der Waals surface area (Å²) in [6.07, 6.45) is -4.72. The van der Waals surface area contributed by atoms with Crippen molar-refractivity contribution in [1.82, 2.24) is 9.88 Å². The van der Waals surface area contributed by atoms with Crippen LogP contribution in [0.15, 0.2) is 59.0 Å². The van der Waals surface area contributed by atoms with Gasteiger partial charge < -0.3 is 9.15 Å². The molecular formula is C20H19F3N2O2. The molecule has 27 heavy (non-hydrogen) atoms. The van der Waals surface area contributed by atoms with Crippen LogP contribution < -0.4 is 4.74 Å². The van der Waals surface area contributed by atoms with Gasteiger partial charge in [0.05, 0.1) is 5.69 Å². The maximum atomic E-state index is 12.6. The van der Waals surface area contributed by atoms with Crippen LogP contribution in [0, 0.1) is 6.92 Å². The summed E-state index contributed by atoms with van der Waals surface area (Å²) in [6.45, 7) is 2.53. The van der Waals surface area contributed by atoms with Crippen molar-refractivity contribution in [3.8, 4) is 17.2 Å². The normalized spacial score (nSPS) is 11.8. The van der Waals surface area contributed by atoms with Crippen LogP contribution in [0.1, 0.15) is 17.0 Å². The van der Waals surface area contributed by atoms with Crippen LogP contribution in [0.2, 0.25) is 0 Å². The van der Waals surface area contributed by atoms with Crippen molar-refractivity contribution < 1.29 is 22.3 Å². The minimum atomic E-state index is -4.72. The second-order valence-electron chi connectivity index (χ2n) is 6.22. The Balaban J connectivity index is 1.72. The van der Waals surface area contributed by atoms with E-state index in [1.807, 2.05) is 42.2 Å². The van der Waals surface area contributed by atoms with Crippen molar-refractivity contribution in [2.24, 2.45) is 0 Å². The lowest BCUT2D eigenvalue weighted by atomic mass is 10.2. The molecule has 0 aliphatic heterocycles. The molecule has 1 aromatic heterocycles. The van der Waals surface area contributed by atoms with Crippen LogP contribution in [0.5, 0.6) is 5.75 Å². The molecule has 0 radical (unpaired) electrons. The Morgan fingerprint density at radius 1 is 1.00 bits per heavy atom. The molecule has 3 rings (SSSR count). The first-order chi connectivity index (χ1) is 12.8. The van der Waals surface area contributed by atoms with Gasteiger partial charge in [0.15, 0.2) is 0 Å². The molecule has 142 valence electrons. The Kier molecular flexibility index (Phi) is 5.51. The van der Waals surface area contributed by atoms with Gasteiger partial charge in [0.2, 0.25) is 5.89 Å². The fraction of sp³-hybridized carbons (Fsp3) is 0.250. The summed E-state index contributed by atoms with van der Waals surface area (Å²) < 4.78 is 47.5. The highest BCUT2D eigenvalue weighted by Gasteiger charge is 2.32. The number of oxazole rings is 1. The third-order valence-corrected chi connectivity index (χ3v) is 3.97. The Bertz CT molecular complexity index is 892. The molecule has 4 nitrogen and oxygen atoms in total. The van der Waals surface area contributed by atoms with Gasteiger partial charge in [0, 0.05) is 24.2 Å². The zero-order chi connectivity index (χ0) is 19.4. The molecule has 0 N–H and O–H groups in total. The van der Waals surface area contributed by atoms with Crippen molar-refractivity contribution in [3.05, 3.63) is 71.6 Å². The van der Waals surface area contributed by atoms with Crippen LogP contribution >= 0.6 is 0 Å². The van der Waals surface area contributed by atoms with E-state index in [1.165, 1.54) is 12.1 Å². The van der Waals surface area contributed by atoms with Crippen molar-refractivity contribution in [2.75, 3.05) is 7.05 Å². The Hall–Kier alpha value is -2.80. The highest BCUT2D eigenvalue weighted by atomic mass is 19.4. The summed E-state index contributed by atoms with van der Waals surface area (Å²) in [7, 11) is 1.81. The van der Waals surface area contributed by atoms with Gasteiger partial charge in [0.1, 0.15) is 11.5 Å². The molecule has 0 unspecified atom stereocenters. The van der Waals surface area contributed by atoms with Crippen molar-refractivity contribution in [1.29, 1.82) is 0 Å². The van der Waals surface area contributed by atoms with E-state index in [1.54, 1.807) is 19.2 Å². The molecule has 0 amide bonds. The summed E-state index contributed by atoms with van der Waals surface area (Å²) in [5.41, 5.74) is 2.06. The first kappa shape index (κ1) is 19.0. The summed E-state index contributed by atoms with van der Waals surface area (Å²) in [5, 5.41) is 0. The summed E-state index contributed by atoms with van der Waals surface area (Å²) in [5.74, 6) is 1.01. The second-order valence-corrected chi connectivity index (χ2v) is 6.22. The lowest BCUT2D eigenvalue weighted by molar-refractivity contribution is -0.275. The standard InChI is InChI=1S/C20H19F3N2O2/c1-14-17(24-19(26-14)15-8-4-3-5-9-15)13-25(2)12-16-10-6-7-11-18(16)27-20(21,22)23/h3-11H,12-13H2,1-2H3. The third-order valence-electron chi connectivity index (χ3n) is 3.97. The van der Waals surface area contributed by atoms with Gasteiger partial charge in [-0.25, -0.2) is 4.98 Å². The fourth-order valence-corrected chi connectivity index (χ4v) is 2.74. The van der Waals surface area contributed by atoms with Gasteiger partial charge in [-0.15, -0.1) is 13.2 Å². The lowest BCUT2D eigenvalue weighted by Gasteiger charge is -2.18. The zero-order valence-corrected chi connectivity index (χ0v) is 15.0. The molecule has 0 aliphatic carbocycles. The van der Waals surface area contributed by atoms with Gasteiger partial charge in [-0.1, -0.05) is 36.4 Å². The molecule has 0 saturated carbocycles. The number of rotatable bonds is 6. The van der Waals surface area contributed by atoms with E-state index in [-0.39, 0.29) is 12.3 Å². The van der Waals surface area contributed by atoms with Crippen LogP contribution in [0.25, 0.3) is 11.5 Å². The first-order valence-electron chi connectivity index (χ1n) is 8.36. The van der Waals surface area contributed by atoms with E-state index in [0.717, 1.165) is 11.3 Å². The minimum absolute atomic E-state index is 0.196. The van der Waals surface area contributed by atoms with Crippen molar-refractivity contribution in [2.45, 2.75) is 26.4 Å². The first-order valence-corrected chi connectivity index (χ1v) is 8.36. The zero-order valence-electron chi connectivity index (χ0n) is 15.0. The van der Waals surface area contributed by atoms with E-state index in [4.69, 9.17) is 4.42 Å². The van der Waals surface area contributed by atoms with Gasteiger partial charge >= 0.3 is 6.36 Å². The van der Waals surface area contributed by atoms with Gasteiger partial charge in [-0.05, 0) is 32.2 Å². The molecule has 7 heteroatoms. The average molecular weight is 376 g/mol. The van der Waals surface area contributed by atoms with Crippen molar-refractivity contribution >= 4 is 0 Å². The summed E-state index contributed by atoms with van der Waals surface area (Å²) >= 11 is 0.